The molecule has 0 aromatic carbocycles. The van der Waals surface area contributed by atoms with Crippen LogP contribution in [0.4, 0.5) is 0 Å². The van der Waals surface area contributed by atoms with Crippen molar-refractivity contribution in [2.75, 3.05) is 27.2 Å². The van der Waals surface area contributed by atoms with Crippen LogP contribution in [0.1, 0.15) is 6.42 Å². The zero-order chi connectivity index (χ0) is 7.11. The van der Waals surface area contributed by atoms with Gasteiger partial charge in [0.2, 0.25) is 0 Å². The molecule has 0 amide bonds. The zero-order valence-corrected chi connectivity index (χ0v) is 6.15. The molecule has 0 aromatic heterocycles. The van der Waals surface area contributed by atoms with Crippen LogP contribution in [0, 0.1) is 11.8 Å². The fourth-order valence-electron chi connectivity index (χ4n) is 0.440. The van der Waals surface area contributed by atoms with Crippen molar-refractivity contribution in [1.29, 1.82) is 0 Å². The topological polar surface area (TPSA) is 29.3 Å². The molecule has 0 unspecified atom stereocenters. The van der Waals surface area contributed by atoms with Gasteiger partial charge in [-0.1, -0.05) is 5.92 Å². The molecule has 0 heterocycles. The van der Waals surface area contributed by atoms with Gasteiger partial charge in [-0.2, -0.15) is 0 Å². The van der Waals surface area contributed by atoms with Gasteiger partial charge in [0.15, 0.2) is 0 Å². The van der Waals surface area contributed by atoms with Crippen molar-refractivity contribution >= 4 is 0 Å². The predicted octanol–water partition coefficient (Wildman–Crippen LogP) is -0.0998. The summed E-state index contributed by atoms with van der Waals surface area (Å²) in [5.74, 6) is 5.75. The van der Waals surface area contributed by atoms with Gasteiger partial charge >= 0.3 is 0 Å². The van der Waals surface area contributed by atoms with Crippen molar-refractivity contribution in [3.05, 3.63) is 0 Å². The largest absolute Gasteiger partial charge is 0.320 e. The standard InChI is InChI=1S/C7H14N2/c1-9(2)7-5-3-4-6-8/h5-8H2,1-2H3. The van der Waals surface area contributed by atoms with Gasteiger partial charge in [-0.05, 0) is 14.1 Å². The highest BCUT2D eigenvalue weighted by Crippen LogP contribution is 1.78. The monoisotopic (exact) mass is 126 g/mol. The minimum atomic E-state index is 0.480. The van der Waals surface area contributed by atoms with E-state index in [-0.39, 0.29) is 0 Å². The fourth-order valence-corrected chi connectivity index (χ4v) is 0.440. The molecule has 0 aliphatic heterocycles. The minimum absolute atomic E-state index is 0.480. The van der Waals surface area contributed by atoms with Gasteiger partial charge in [0.1, 0.15) is 0 Å². The van der Waals surface area contributed by atoms with Crippen molar-refractivity contribution in [3.8, 4) is 11.8 Å². The van der Waals surface area contributed by atoms with Crippen molar-refractivity contribution in [2.24, 2.45) is 5.73 Å². The van der Waals surface area contributed by atoms with Gasteiger partial charge in [-0.25, -0.2) is 0 Å². The summed E-state index contributed by atoms with van der Waals surface area (Å²) in [4.78, 5) is 2.10. The van der Waals surface area contributed by atoms with Crippen LogP contribution < -0.4 is 5.73 Å². The molecule has 0 radical (unpaired) electrons. The molecular weight excluding hydrogens is 112 g/mol. The first kappa shape index (κ1) is 8.48. The van der Waals surface area contributed by atoms with Gasteiger partial charge in [0.05, 0.1) is 6.54 Å². The maximum absolute atomic E-state index is 5.16. The lowest BCUT2D eigenvalue weighted by atomic mass is 10.4. The molecule has 2 N–H and O–H groups in total. The highest BCUT2D eigenvalue weighted by molar-refractivity contribution is 4.99. The summed E-state index contributed by atoms with van der Waals surface area (Å²) in [5, 5.41) is 0. The summed E-state index contributed by atoms with van der Waals surface area (Å²) in [6.45, 7) is 1.50. The Kier molecular flexibility index (Phi) is 5.29. The third-order valence-corrected chi connectivity index (χ3v) is 0.911. The Bertz CT molecular complexity index is 108. The van der Waals surface area contributed by atoms with Crippen LogP contribution in [0.25, 0.3) is 0 Å². The minimum Gasteiger partial charge on any atom is -0.320 e. The zero-order valence-electron chi connectivity index (χ0n) is 6.15. The van der Waals surface area contributed by atoms with Crippen molar-refractivity contribution in [2.45, 2.75) is 6.42 Å². The summed E-state index contributed by atoms with van der Waals surface area (Å²) in [6.07, 6.45) is 0.921. The number of hydrogen-bond acceptors (Lipinski definition) is 2. The predicted molar refractivity (Wildman–Crippen MR) is 40.0 cm³/mol. The van der Waals surface area contributed by atoms with Crippen LogP contribution in [0.2, 0.25) is 0 Å². The smallest absolute Gasteiger partial charge is 0.0551 e. The maximum atomic E-state index is 5.16. The molecule has 0 fully saturated rings. The molecule has 0 aromatic rings. The maximum Gasteiger partial charge on any atom is 0.0551 e. The van der Waals surface area contributed by atoms with Gasteiger partial charge in [-0.15, -0.1) is 5.92 Å². The second kappa shape index (κ2) is 5.61. The molecule has 0 aliphatic carbocycles. The Balaban J connectivity index is 3.09. The number of rotatable bonds is 2. The van der Waals surface area contributed by atoms with Crippen molar-refractivity contribution < 1.29 is 0 Å². The molecule has 0 atom stereocenters. The number of hydrogen-bond donors (Lipinski definition) is 1. The van der Waals surface area contributed by atoms with E-state index in [1.54, 1.807) is 0 Å². The number of nitrogens with two attached hydrogens (primary N) is 1. The molecule has 0 saturated carbocycles. The molecule has 52 valence electrons. The third kappa shape index (κ3) is 7.48. The lowest BCUT2D eigenvalue weighted by Gasteiger charge is -2.03. The van der Waals surface area contributed by atoms with E-state index in [1.165, 1.54) is 0 Å². The molecule has 0 saturated heterocycles. The lowest BCUT2D eigenvalue weighted by molar-refractivity contribution is 0.420. The quantitative estimate of drug-likeness (QED) is 0.523. The summed E-state index contributed by atoms with van der Waals surface area (Å²) < 4.78 is 0. The van der Waals surface area contributed by atoms with Crippen LogP contribution >= 0.6 is 0 Å². The van der Waals surface area contributed by atoms with E-state index >= 15 is 0 Å². The molecule has 0 bridgehead atoms. The third-order valence-electron chi connectivity index (χ3n) is 0.911. The van der Waals surface area contributed by atoms with E-state index < -0.39 is 0 Å². The van der Waals surface area contributed by atoms with E-state index in [9.17, 15) is 0 Å². The Morgan fingerprint density at radius 1 is 1.33 bits per heavy atom. The fraction of sp³-hybridized carbons (Fsp3) is 0.714. The normalized spacial score (nSPS) is 8.89. The Hall–Kier alpha value is -0.520. The van der Waals surface area contributed by atoms with E-state index in [0.29, 0.717) is 6.54 Å². The van der Waals surface area contributed by atoms with Crippen LogP contribution in [-0.2, 0) is 0 Å². The lowest BCUT2D eigenvalue weighted by Crippen LogP contribution is -2.12. The summed E-state index contributed by atoms with van der Waals surface area (Å²) in [5.41, 5.74) is 5.16. The first-order valence-corrected chi connectivity index (χ1v) is 3.08. The van der Waals surface area contributed by atoms with E-state index in [2.05, 4.69) is 16.7 Å². The van der Waals surface area contributed by atoms with Crippen LogP contribution in [0.15, 0.2) is 0 Å². The van der Waals surface area contributed by atoms with E-state index in [0.717, 1.165) is 13.0 Å². The molecule has 2 nitrogen and oxygen atoms in total. The molecule has 9 heavy (non-hydrogen) atoms. The van der Waals surface area contributed by atoms with Gasteiger partial charge in [-0.3, -0.25) is 0 Å². The second-order valence-corrected chi connectivity index (χ2v) is 2.11. The Morgan fingerprint density at radius 3 is 2.44 bits per heavy atom. The number of nitrogens with zero attached hydrogens (tertiary/aromatic N) is 1. The first-order chi connectivity index (χ1) is 4.27. The summed E-state index contributed by atoms with van der Waals surface area (Å²) in [6, 6.07) is 0. The molecular formula is C7H14N2. The van der Waals surface area contributed by atoms with Crippen LogP contribution in [-0.4, -0.2) is 32.1 Å². The Labute approximate surface area is 57.0 Å². The molecule has 2 heteroatoms. The summed E-state index contributed by atoms with van der Waals surface area (Å²) >= 11 is 0. The highest BCUT2D eigenvalue weighted by atomic mass is 15.0. The van der Waals surface area contributed by atoms with Gasteiger partial charge in [0, 0.05) is 13.0 Å². The molecule has 0 spiro atoms. The Morgan fingerprint density at radius 2 is 2.00 bits per heavy atom. The van der Waals surface area contributed by atoms with Gasteiger partial charge in [0.25, 0.3) is 0 Å². The first-order valence-electron chi connectivity index (χ1n) is 3.08. The summed E-state index contributed by atoms with van der Waals surface area (Å²) in [7, 11) is 4.06. The van der Waals surface area contributed by atoms with E-state index in [4.69, 9.17) is 5.73 Å². The average Bonchev–Trinajstić information content (AvgIpc) is 1.80. The van der Waals surface area contributed by atoms with Crippen molar-refractivity contribution in [1.82, 2.24) is 4.90 Å². The average molecular weight is 126 g/mol. The second-order valence-electron chi connectivity index (χ2n) is 2.11. The SMILES string of the molecule is CN(C)CCC#CCN. The van der Waals surface area contributed by atoms with Crippen molar-refractivity contribution in [3.63, 3.8) is 0 Å². The van der Waals surface area contributed by atoms with Gasteiger partial charge < -0.3 is 10.6 Å². The van der Waals surface area contributed by atoms with Crippen LogP contribution in [0.5, 0.6) is 0 Å². The molecule has 0 rings (SSSR count). The molecule has 0 aliphatic rings. The van der Waals surface area contributed by atoms with Crippen LogP contribution in [0.3, 0.4) is 0 Å². The van der Waals surface area contributed by atoms with E-state index in [1.807, 2.05) is 14.1 Å². The highest BCUT2D eigenvalue weighted by Gasteiger charge is 1.82.